The normalized spacial score (nSPS) is 10.6. The largest absolute Gasteiger partial charge is 0.495 e. The van der Waals surface area contributed by atoms with Crippen molar-refractivity contribution < 1.29 is 15.7 Å². The van der Waals surface area contributed by atoms with Gasteiger partial charge in [0, 0.05) is 7.62 Å². The Labute approximate surface area is 162 Å². The minimum absolute atomic E-state index is 0. The van der Waals surface area contributed by atoms with Crippen LogP contribution in [-0.2, 0) is 0 Å². The van der Waals surface area contributed by atoms with Gasteiger partial charge in [-0.2, -0.15) is 0 Å². The van der Waals surface area contributed by atoms with Crippen LogP contribution in [0.3, 0.4) is 0 Å². The van der Waals surface area contributed by atoms with Crippen molar-refractivity contribution in [3.05, 3.63) is 60.2 Å². The number of nitrogens with one attached hydrogen (secondary N) is 1. The molecule has 9 heteroatoms. The smallest absolute Gasteiger partial charge is 0.260 e. The molecule has 0 aliphatic rings. The number of pyridine rings is 3. The standard InChI is InChI=1S/C19H18N6O3.H2/c1-12-5-14(8-21-7-12)28-15-6-16(18(23-10-15)24-11-20)19(26)25-17-4-3-13(27-2)9-22-17;/h3-11H,1-2H3,(H2,20,23,24)(H,22,25,26);1H. The van der Waals surface area contributed by atoms with Crippen molar-refractivity contribution >= 4 is 23.9 Å². The lowest BCUT2D eigenvalue weighted by atomic mass is 10.2. The molecule has 1 amide bonds. The van der Waals surface area contributed by atoms with Gasteiger partial charge in [-0.15, -0.1) is 0 Å². The Morgan fingerprint density at radius 2 is 1.93 bits per heavy atom. The molecule has 3 N–H and O–H groups in total. The molecule has 0 spiro atoms. The second kappa shape index (κ2) is 8.58. The average Bonchev–Trinajstić information content (AvgIpc) is 2.70. The monoisotopic (exact) mass is 380 g/mol. The van der Waals surface area contributed by atoms with Gasteiger partial charge >= 0.3 is 0 Å². The maximum atomic E-state index is 12.7. The summed E-state index contributed by atoms with van der Waals surface area (Å²) in [5, 5.41) is 2.68. The summed E-state index contributed by atoms with van der Waals surface area (Å²) in [5.74, 6) is 1.51. The van der Waals surface area contributed by atoms with Crippen LogP contribution in [0.25, 0.3) is 0 Å². The molecule has 3 aromatic rings. The summed E-state index contributed by atoms with van der Waals surface area (Å²) in [6.07, 6.45) is 7.30. The Morgan fingerprint density at radius 3 is 2.61 bits per heavy atom. The van der Waals surface area contributed by atoms with Gasteiger partial charge in [0.05, 0.1) is 37.6 Å². The number of hydrogen-bond donors (Lipinski definition) is 2. The highest BCUT2D eigenvalue weighted by molar-refractivity contribution is 6.07. The zero-order chi connectivity index (χ0) is 19.9. The number of rotatable bonds is 6. The van der Waals surface area contributed by atoms with E-state index >= 15 is 0 Å². The van der Waals surface area contributed by atoms with Gasteiger partial charge < -0.3 is 20.5 Å². The summed E-state index contributed by atoms with van der Waals surface area (Å²) in [6, 6.07) is 6.65. The van der Waals surface area contributed by atoms with Crippen molar-refractivity contribution in [2.45, 2.75) is 6.92 Å². The SMILES string of the molecule is COc1ccc(NC(=O)c2cc(Oc3cncc(C)c3)cnc2/N=C\N)nc1.[HH]. The van der Waals surface area contributed by atoms with E-state index in [1.165, 1.54) is 25.6 Å². The van der Waals surface area contributed by atoms with Gasteiger partial charge in [0.25, 0.3) is 5.91 Å². The Hall–Kier alpha value is -4.01. The summed E-state index contributed by atoms with van der Waals surface area (Å²) in [5.41, 5.74) is 6.48. The molecule has 0 fully saturated rings. The van der Waals surface area contributed by atoms with E-state index in [2.05, 4.69) is 25.3 Å². The number of aromatic nitrogens is 3. The predicted octanol–water partition coefficient (Wildman–Crippen LogP) is 3.10. The minimum Gasteiger partial charge on any atom is -0.495 e. The summed E-state index contributed by atoms with van der Waals surface area (Å²) < 4.78 is 10.8. The first-order valence-electron chi connectivity index (χ1n) is 8.24. The zero-order valence-electron chi connectivity index (χ0n) is 15.3. The van der Waals surface area contributed by atoms with E-state index in [1.54, 1.807) is 24.5 Å². The molecule has 3 heterocycles. The highest BCUT2D eigenvalue weighted by atomic mass is 16.5. The van der Waals surface area contributed by atoms with Crippen molar-refractivity contribution in [2.75, 3.05) is 12.4 Å². The number of aryl methyl sites for hydroxylation is 1. The second-order valence-corrected chi connectivity index (χ2v) is 5.66. The van der Waals surface area contributed by atoms with Crippen molar-refractivity contribution in [3.8, 4) is 17.2 Å². The summed E-state index contributed by atoms with van der Waals surface area (Å²) in [6.45, 7) is 1.90. The first-order chi connectivity index (χ1) is 13.6. The number of ether oxygens (including phenoxy) is 2. The number of carbonyl (C=O) groups is 1. The topological polar surface area (TPSA) is 125 Å². The molecule has 3 aromatic heterocycles. The molecule has 144 valence electrons. The lowest BCUT2D eigenvalue weighted by Crippen LogP contribution is -2.14. The minimum atomic E-state index is -0.460. The fourth-order valence-corrected chi connectivity index (χ4v) is 2.31. The molecule has 0 bridgehead atoms. The van der Waals surface area contributed by atoms with Crippen LogP contribution in [0.4, 0.5) is 11.6 Å². The van der Waals surface area contributed by atoms with E-state index in [4.69, 9.17) is 15.2 Å². The van der Waals surface area contributed by atoms with E-state index in [1.807, 2.05) is 13.0 Å². The van der Waals surface area contributed by atoms with Crippen LogP contribution in [0, 0.1) is 6.92 Å². The van der Waals surface area contributed by atoms with Gasteiger partial charge in [-0.3, -0.25) is 9.78 Å². The molecular formula is C19H20N6O3. The highest BCUT2D eigenvalue weighted by Crippen LogP contribution is 2.26. The number of hydrogen-bond acceptors (Lipinski definition) is 7. The van der Waals surface area contributed by atoms with Crippen LogP contribution in [0.1, 0.15) is 17.3 Å². The maximum absolute atomic E-state index is 12.7. The molecule has 28 heavy (non-hydrogen) atoms. The van der Waals surface area contributed by atoms with Gasteiger partial charge in [-0.25, -0.2) is 15.0 Å². The zero-order valence-corrected chi connectivity index (χ0v) is 15.3. The van der Waals surface area contributed by atoms with Crippen LogP contribution in [0.5, 0.6) is 17.2 Å². The first-order valence-corrected chi connectivity index (χ1v) is 8.24. The summed E-state index contributed by atoms with van der Waals surface area (Å²) in [4.78, 5) is 29.0. The lowest BCUT2D eigenvalue weighted by molar-refractivity contribution is 0.102. The third-order valence-corrected chi connectivity index (χ3v) is 3.58. The van der Waals surface area contributed by atoms with Gasteiger partial charge in [0.15, 0.2) is 5.82 Å². The van der Waals surface area contributed by atoms with Gasteiger partial charge in [0.1, 0.15) is 23.1 Å². The number of carbonyl (C=O) groups excluding carboxylic acids is 1. The first kappa shape index (κ1) is 18.8. The van der Waals surface area contributed by atoms with Crippen molar-refractivity contribution in [1.29, 1.82) is 0 Å². The van der Waals surface area contributed by atoms with E-state index in [9.17, 15) is 4.79 Å². The maximum Gasteiger partial charge on any atom is 0.260 e. The third-order valence-electron chi connectivity index (χ3n) is 3.58. The summed E-state index contributed by atoms with van der Waals surface area (Å²) >= 11 is 0. The Kier molecular flexibility index (Phi) is 5.75. The lowest BCUT2D eigenvalue weighted by Gasteiger charge is -2.10. The van der Waals surface area contributed by atoms with Crippen LogP contribution < -0.4 is 20.5 Å². The number of methoxy groups -OCH3 is 1. The number of anilines is 1. The van der Waals surface area contributed by atoms with Crippen LogP contribution in [0.2, 0.25) is 0 Å². The molecular weight excluding hydrogens is 360 g/mol. The molecule has 0 atom stereocenters. The second-order valence-electron chi connectivity index (χ2n) is 5.66. The Balaban J connectivity index is 0.00000300. The Bertz CT molecular complexity index is 1010. The molecule has 0 aromatic carbocycles. The van der Waals surface area contributed by atoms with E-state index < -0.39 is 5.91 Å². The number of nitrogens with two attached hydrogens (primary N) is 1. The van der Waals surface area contributed by atoms with Gasteiger partial charge in [-0.1, -0.05) is 0 Å². The number of amides is 1. The van der Waals surface area contributed by atoms with Gasteiger partial charge in [-0.05, 0) is 36.8 Å². The molecule has 0 aliphatic heterocycles. The molecule has 3 rings (SSSR count). The highest BCUT2D eigenvalue weighted by Gasteiger charge is 2.15. The molecule has 0 aliphatic carbocycles. The van der Waals surface area contributed by atoms with Crippen LogP contribution >= 0.6 is 0 Å². The van der Waals surface area contributed by atoms with Crippen LogP contribution in [-0.4, -0.2) is 34.3 Å². The van der Waals surface area contributed by atoms with Crippen LogP contribution in [0.15, 0.2) is 54.0 Å². The molecule has 0 saturated heterocycles. The van der Waals surface area contributed by atoms with Crippen molar-refractivity contribution in [1.82, 2.24) is 15.0 Å². The molecule has 0 radical (unpaired) electrons. The molecule has 9 nitrogen and oxygen atoms in total. The van der Waals surface area contributed by atoms with Gasteiger partial charge in [0.2, 0.25) is 0 Å². The Morgan fingerprint density at radius 1 is 1.14 bits per heavy atom. The average molecular weight is 380 g/mol. The summed E-state index contributed by atoms with van der Waals surface area (Å²) in [7, 11) is 1.54. The fourth-order valence-electron chi connectivity index (χ4n) is 2.31. The fraction of sp³-hybridized carbons (Fsp3) is 0.105. The predicted molar refractivity (Wildman–Crippen MR) is 106 cm³/mol. The molecule has 0 saturated carbocycles. The third kappa shape index (κ3) is 4.58. The number of aliphatic imine (C=N–C) groups is 1. The van der Waals surface area contributed by atoms with E-state index in [-0.39, 0.29) is 12.8 Å². The van der Waals surface area contributed by atoms with E-state index in [0.717, 1.165) is 11.9 Å². The van der Waals surface area contributed by atoms with Crippen molar-refractivity contribution in [2.24, 2.45) is 10.7 Å². The molecule has 0 unspecified atom stereocenters. The quantitative estimate of drug-likeness (QED) is 0.497. The van der Waals surface area contributed by atoms with Crippen molar-refractivity contribution in [3.63, 3.8) is 0 Å². The number of nitrogens with zero attached hydrogens (tertiary/aromatic N) is 4. The van der Waals surface area contributed by atoms with E-state index in [0.29, 0.717) is 23.1 Å².